The smallest absolute Gasteiger partial charge is 0.147 e. The highest BCUT2D eigenvalue weighted by Crippen LogP contribution is 2.26. The monoisotopic (exact) mass is 409 g/mol. The van der Waals surface area contributed by atoms with Crippen LogP contribution in [0.1, 0.15) is 18.6 Å². The molecule has 0 N–H and O–H groups in total. The quantitative estimate of drug-likeness (QED) is 0.398. The van der Waals surface area contributed by atoms with Gasteiger partial charge in [0.05, 0.1) is 22.9 Å². The Morgan fingerprint density at radius 2 is 1.68 bits per heavy atom. The zero-order chi connectivity index (χ0) is 21.2. The van der Waals surface area contributed by atoms with Crippen LogP contribution in [0.5, 0.6) is 5.75 Å². The molecule has 0 aliphatic carbocycles. The minimum Gasteiger partial charge on any atom is -0.486 e. The third-order valence-electron chi connectivity index (χ3n) is 5.47. The van der Waals surface area contributed by atoms with Gasteiger partial charge in [0.15, 0.2) is 0 Å². The molecule has 3 aromatic heterocycles. The van der Waals surface area contributed by atoms with Gasteiger partial charge in [0.2, 0.25) is 0 Å². The number of hydrogen-bond acceptors (Lipinski definition) is 4. The van der Waals surface area contributed by atoms with Gasteiger partial charge in [-0.1, -0.05) is 19.1 Å². The van der Waals surface area contributed by atoms with Gasteiger partial charge in [0, 0.05) is 37.1 Å². The number of aryl methyl sites for hydroxylation is 2. The fourth-order valence-corrected chi connectivity index (χ4v) is 3.82. The van der Waals surface area contributed by atoms with Crippen LogP contribution < -0.4 is 4.74 Å². The van der Waals surface area contributed by atoms with Crippen LogP contribution in [0.15, 0.2) is 79.3 Å². The van der Waals surface area contributed by atoms with Crippen molar-refractivity contribution in [1.29, 1.82) is 0 Å². The highest BCUT2D eigenvalue weighted by atomic mass is 16.5. The van der Waals surface area contributed by atoms with Crippen LogP contribution in [0.2, 0.25) is 0 Å². The molecule has 0 spiro atoms. The van der Waals surface area contributed by atoms with Crippen molar-refractivity contribution in [2.75, 3.05) is 0 Å². The number of rotatable bonds is 6. The Morgan fingerprint density at radius 3 is 2.42 bits per heavy atom. The Morgan fingerprint density at radius 1 is 0.903 bits per heavy atom. The van der Waals surface area contributed by atoms with Gasteiger partial charge < -0.3 is 9.30 Å². The lowest BCUT2D eigenvalue weighted by molar-refractivity contribution is 0.292. The van der Waals surface area contributed by atoms with Gasteiger partial charge in [0.25, 0.3) is 0 Å². The summed E-state index contributed by atoms with van der Waals surface area (Å²) < 4.78 is 10.3. The second-order valence-electron chi connectivity index (χ2n) is 7.34. The first-order chi connectivity index (χ1) is 15.2. The van der Waals surface area contributed by atoms with E-state index in [9.17, 15) is 0 Å². The third kappa shape index (κ3) is 3.57. The van der Waals surface area contributed by atoms with Crippen LogP contribution in [0.4, 0.5) is 0 Å². The highest BCUT2D eigenvalue weighted by molar-refractivity contribution is 5.75. The second kappa shape index (κ2) is 8.07. The molecule has 2 aromatic carbocycles. The Hall–Kier alpha value is -3.93. The van der Waals surface area contributed by atoms with E-state index in [2.05, 4.69) is 49.2 Å². The first-order valence-electron chi connectivity index (χ1n) is 10.3. The van der Waals surface area contributed by atoms with Crippen molar-refractivity contribution in [2.24, 2.45) is 7.05 Å². The van der Waals surface area contributed by atoms with Crippen LogP contribution in [-0.2, 0) is 20.1 Å². The molecule has 0 bridgehead atoms. The average molecular weight is 409 g/mol. The van der Waals surface area contributed by atoms with E-state index < -0.39 is 0 Å². The predicted octanol–water partition coefficient (Wildman–Crippen LogP) is 4.96. The van der Waals surface area contributed by atoms with Crippen LogP contribution in [-0.4, -0.2) is 24.1 Å². The first kappa shape index (κ1) is 19.1. The van der Waals surface area contributed by atoms with Crippen LogP contribution in [0, 0.1) is 0 Å². The van der Waals surface area contributed by atoms with Crippen LogP contribution in [0.25, 0.3) is 28.0 Å². The number of benzene rings is 2. The zero-order valence-electron chi connectivity index (χ0n) is 17.6. The molecule has 0 atom stereocenters. The molecule has 0 saturated heterocycles. The highest BCUT2D eigenvalue weighted by Gasteiger charge is 2.13. The Balaban J connectivity index is 1.39. The molecule has 6 heteroatoms. The zero-order valence-corrected chi connectivity index (χ0v) is 17.6. The van der Waals surface area contributed by atoms with E-state index in [1.807, 2.05) is 55.7 Å². The average Bonchev–Trinajstić information content (AvgIpc) is 3.40. The topological polar surface area (TPSA) is 57.8 Å². The van der Waals surface area contributed by atoms with Crippen LogP contribution >= 0.6 is 0 Å². The van der Waals surface area contributed by atoms with E-state index in [0.717, 1.165) is 51.8 Å². The number of nitrogens with zero attached hydrogens (tertiary/aromatic N) is 5. The Bertz CT molecular complexity index is 1320. The van der Waals surface area contributed by atoms with Crippen LogP contribution in [0.3, 0.4) is 0 Å². The fraction of sp³-hybridized carbons (Fsp3) is 0.160. The molecule has 5 rings (SSSR count). The molecule has 6 nitrogen and oxygen atoms in total. The van der Waals surface area contributed by atoms with E-state index in [1.54, 1.807) is 12.4 Å². The van der Waals surface area contributed by atoms with E-state index in [-0.39, 0.29) is 0 Å². The largest absolute Gasteiger partial charge is 0.486 e. The number of imidazole rings is 2. The van der Waals surface area contributed by atoms with Gasteiger partial charge in [-0.25, -0.2) is 9.97 Å². The van der Waals surface area contributed by atoms with Gasteiger partial charge in [0.1, 0.15) is 24.0 Å². The van der Waals surface area contributed by atoms with Crippen molar-refractivity contribution in [2.45, 2.75) is 20.0 Å². The standard InChI is InChI=1S/C25H23N5O/c1-3-24-27-16-23(18-12-14-26-15-13-18)30(24)19-8-10-20(11-9-19)31-17-25-28-21-6-4-5-7-22(21)29(25)2/h4-16H,3,17H2,1-2H3. The number of aromatic nitrogens is 5. The third-order valence-corrected chi connectivity index (χ3v) is 5.47. The van der Waals surface area contributed by atoms with Gasteiger partial charge in [-0.05, 0) is 48.5 Å². The summed E-state index contributed by atoms with van der Waals surface area (Å²) in [5.41, 5.74) is 5.27. The molecule has 0 fully saturated rings. The molecule has 0 unspecified atom stereocenters. The lowest BCUT2D eigenvalue weighted by atomic mass is 10.2. The summed E-state index contributed by atoms with van der Waals surface area (Å²) in [6.07, 6.45) is 6.37. The van der Waals surface area contributed by atoms with E-state index >= 15 is 0 Å². The van der Waals surface area contributed by atoms with Crippen molar-refractivity contribution >= 4 is 11.0 Å². The van der Waals surface area contributed by atoms with E-state index in [4.69, 9.17) is 4.74 Å². The molecular formula is C25H23N5O. The summed E-state index contributed by atoms with van der Waals surface area (Å²) >= 11 is 0. The Kier molecular flexibility index (Phi) is 4.96. The molecular weight excluding hydrogens is 386 g/mol. The minimum absolute atomic E-state index is 0.415. The van der Waals surface area contributed by atoms with Crippen molar-refractivity contribution in [3.63, 3.8) is 0 Å². The molecule has 154 valence electrons. The van der Waals surface area contributed by atoms with Crippen molar-refractivity contribution in [1.82, 2.24) is 24.1 Å². The molecule has 0 radical (unpaired) electrons. The van der Waals surface area contributed by atoms with Gasteiger partial charge in [-0.2, -0.15) is 0 Å². The van der Waals surface area contributed by atoms with E-state index in [0.29, 0.717) is 6.61 Å². The maximum Gasteiger partial charge on any atom is 0.147 e. The van der Waals surface area contributed by atoms with Crippen molar-refractivity contribution < 1.29 is 4.74 Å². The number of hydrogen-bond donors (Lipinski definition) is 0. The SMILES string of the molecule is CCc1ncc(-c2ccncc2)n1-c1ccc(OCc2nc3ccccc3n2C)cc1. The van der Waals surface area contributed by atoms with E-state index in [1.165, 1.54) is 0 Å². The Labute approximate surface area is 180 Å². The lowest BCUT2D eigenvalue weighted by Crippen LogP contribution is -2.04. The molecule has 0 aliphatic rings. The number of fused-ring (bicyclic) bond motifs is 1. The number of pyridine rings is 1. The normalized spacial score (nSPS) is 11.2. The minimum atomic E-state index is 0.415. The van der Waals surface area contributed by atoms with Crippen molar-refractivity contribution in [3.8, 4) is 22.7 Å². The summed E-state index contributed by atoms with van der Waals surface area (Å²) in [4.78, 5) is 13.4. The molecule has 0 saturated carbocycles. The summed E-state index contributed by atoms with van der Waals surface area (Å²) in [5.74, 6) is 2.72. The second-order valence-corrected chi connectivity index (χ2v) is 7.34. The predicted molar refractivity (Wildman–Crippen MR) is 121 cm³/mol. The molecule has 0 aliphatic heterocycles. The lowest BCUT2D eigenvalue weighted by Gasteiger charge is -2.13. The molecule has 5 aromatic rings. The molecule has 31 heavy (non-hydrogen) atoms. The van der Waals surface area contributed by atoms with Gasteiger partial charge in [-0.15, -0.1) is 0 Å². The number of para-hydroxylation sites is 2. The van der Waals surface area contributed by atoms with Gasteiger partial charge in [-0.3, -0.25) is 9.55 Å². The molecule has 0 amide bonds. The maximum atomic E-state index is 6.03. The van der Waals surface area contributed by atoms with Gasteiger partial charge >= 0.3 is 0 Å². The first-order valence-corrected chi connectivity index (χ1v) is 10.3. The summed E-state index contributed by atoms with van der Waals surface area (Å²) in [7, 11) is 2.02. The number of ether oxygens (including phenoxy) is 1. The summed E-state index contributed by atoms with van der Waals surface area (Å²) in [6, 6.07) is 20.2. The maximum absolute atomic E-state index is 6.03. The summed E-state index contributed by atoms with van der Waals surface area (Å²) in [5, 5.41) is 0. The summed E-state index contributed by atoms with van der Waals surface area (Å²) in [6.45, 7) is 2.53. The molecule has 3 heterocycles. The fourth-order valence-electron chi connectivity index (χ4n) is 3.82. The van der Waals surface area contributed by atoms with Crippen molar-refractivity contribution in [3.05, 3.63) is 90.9 Å².